The van der Waals surface area contributed by atoms with E-state index in [0.717, 1.165) is 19.4 Å². The largest absolute Gasteiger partial charge is 0.379 e. The van der Waals surface area contributed by atoms with Crippen LogP contribution < -0.4 is 10.2 Å². The number of halogens is 1. The molecule has 1 aliphatic heterocycles. The molecule has 1 saturated heterocycles. The van der Waals surface area contributed by atoms with Crippen molar-refractivity contribution in [2.45, 2.75) is 18.9 Å². The summed E-state index contributed by atoms with van der Waals surface area (Å²) >= 11 is 5.85. The summed E-state index contributed by atoms with van der Waals surface area (Å²) in [6.07, 6.45) is 2.11. The second-order valence-corrected chi connectivity index (χ2v) is 4.52. The highest BCUT2D eigenvalue weighted by Crippen LogP contribution is 2.15. The standard InChI is InChI=1S/C10H16ClN5O/c1-16(2)10-14-8(11)13-9(15-10)12-7-4-3-5-17-6-7/h7H,3-6H2,1-2H3,(H,12,13,14,15). The first kappa shape index (κ1) is 12.3. The van der Waals surface area contributed by atoms with Gasteiger partial charge in [0.15, 0.2) is 0 Å². The van der Waals surface area contributed by atoms with Crippen LogP contribution in [0.1, 0.15) is 12.8 Å². The Morgan fingerprint density at radius 1 is 1.35 bits per heavy atom. The smallest absolute Gasteiger partial charge is 0.230 e. The Hall–Kier alpha value is -1.14. The molecule has 2 heterocycles. The molecule has 1 atom stereocenters. The van der Waals surface area contributed by atoms with Crippen LogP contribution in [0.15, 0.2) is 0 Å². The third-order valence-electron chi connectivity index (χ3n) is 2.49. The predicted octanol–water partition coefficient (Wildman–Crippen LogP) is 1.18. The fraction of sp³-hybridized carbons (Fsp3) is 0.700. The van der Waals surface area contributed by atoms with Crippen molar-refractivity contribution in [1.29, 1.82) is 0 Å². The average molecular weight is 258 g/mol. The highest BCUT2D eigenvalue weighted by atomic mass is 35.5. The number of rotatable bonds is 3. The Morgan fingerprint density at radius 3 is 2.82 bits per heavy atom. The van der Waals surface area contributed by atoms with Gasteiger partial charge < -0.3 is 15.0 Å². The highest BCUT2D eigenvalue weighted by Gasteiger charge is 2.15. The lowest BCUT2D eigenvalue weighted by Crippen LogP contribution is -2.31. The van der Waals surface area contributed by atoms with Gasteiger partial charge in [0.2, 0.25) is 17.2 Å². The van der Waals surface area contributed by atoms with Crippen molar-refractivity contribution in [1.82, 2.24) is 15.0 Å². The van der Waals surface area contributed by atoms with Crippen LogP contribution in [0.3, 0.4) is 0 Å². The van der Waals surface area contributed by atoms with Gasteiger partial charge in [0, 0.05) is 20.7 Å². The van der Waals surface area contributed by atoms with Gasteiger partial charge in [-0.3, -0.25) is 0 Å². The Morgan fingerprint density at radius 2 is 2.18 bits per heavy atom. The molecule has 1 unspecified atom stereocenters. The maximum Gasteiger partial charge on any atom is 0.230 e. The number of hydrogen-bond donors (Lipinski definition) is 1. The van der Waals surface area contributed by atoms with Crippen molar-refractivity contribution < 1.29 is 4.74 Å². The Bertz CT molecular complexity index is 381. The average Bonchev–Trinajstić information content (AvgIpc) is 2.29. The molecule has 2 rings (SSSR count). The van der Waals surface area contributed by atoms with Crippen LogP contribution in [-0.4, -0.2) is 48.3 Å². The van der Waals surface area contributed by atoms with Gasteiger partial charge in [0.25, 0.3) is 0 Å². The number of nitrogens with one attached hydrogen (secondary N) is 1. The summed E-state index contributed by atoms with van der Waals surface area (Å²) in [5, 5.41) is 3.42. The van der Waals surface area contributed by atoms with E-state index in [1.807, 2.05) is 14.1 Å². The highest BCUT2D eigenvalue weighted by molar-refractivity contribution is 6.28. The number of aromatic nitrogens is 3. The van der Waals surface area contributed by atoms with E-state index in [1.54, 1.807) is 4.90 Å². The summed E-state index contributed by atoms with van der Waals surface area (Å²) in [5.74, 6) is 1.05. The summed E-state index contributed by atoms with van der Waals surface area (Å²) in [6.45, 7) is 1.51. The van der Waals surface area contributed by atoms with Gasteiger partial charge in [0.1, 0.15) is 0 Å². The number of hydrogen-bond acceptors (Lipinski definition) is 6. The third-order valence-corrected chi connectivity index (χ3v) is 2.66. The monoisotopic (exact) mass is 257 g/mol. The van der Waals surface area contributed by atoms with E-state index in [4.69, 9.17) is 16.3 Å². The molecule has 17 heavy (non-hydrogen) atoms. The van der Waals surface area contributed by atoms with Crippen molar-refractivity contribution in [3.63, 3.8) is 0 Å². The van der Waals surface area contributed by atoms with Crippen LogP contribution >= 0.6 is 11.6 Å². The first-order valence-electron chi connectivity index (χ1n) is 5.58. The van der Waals surface area contributed by atoms with E-state index in [2.05, 4.69) is 20.3 Å². The zero-order valence-corrected chi connectivity index (χ0v) is 10.7. The van der Waals surface area contributed by atoms with Crippen LogP contribution in [0.5, 0.6) is 0 Å². The second kappa shape index (κ2) is 5.46. The second-order valence-electron chi connectivity index (χ2n) is 4.18. The van der Waals surface area contributed by atoms with E-state index in [1.165, 1.54) is 0 Å². The number of nitrogens with zero attached hydrogens (tertiary/aromatic N) is 4. The normalized spacial score (nSPS) is 20.1. The lowest BCUT2D eigenvalue weighted by Gasteiger charge is -2.23. The van der Waals surface area contributed by atoms with Crippen molar-refractivity contribution in [3.05, 3.63) is 5.28 Å². The molecule has 94 valence electrons. The first-order valence-corrected chi connectivity index (χ1v) is 5.96. The zero-order chi connectivity index (χ0) is 12.3. The summed E-state index contributed by atoms with van der Waals surface area (Å²) in [5.41, 5.74) is 0. The maximum absolute atomic E-state index is 5.85. The molecule has 0 aliphatic carbocycles. The fourth-order valence-electron chi connectivity index (χ4n) is 1.64. The third kappa shape index (κ3) is 3.41. The van der Waals surface area contributed by atoms with E-state index in [-0.39, 0.29) is 11.3 Å². The lowest BCUT2D eigenvalue weighted by molar-refractivity contribution is 0.0874. The summed E-state index contributed by atoms with van der Waals surface area (Å²) in [4.78, 5) is 14.2. The van der Waals surface area contributed by atoms with E-state index < -0.39 is 0 Å². The molecule has 6 nitrogen and oxygen atoms in total. The minimum Gasteiger partial charge on any atom is -0.379 e. The SMILES string of the molecule is CN(C)c1nc(Cl)nc(NC2CCCOC2)n1. The lowest BCUT2D eigenvalue weighted by atomic mass is 10.1. The molecule has 1 N–H and O–H groups in total. The van der Waals surface area contributed by atoms with Gasteiger partial charge in [0.05, 0.1) is 12.6 Å². The summed E-state index contributed by atoms with van der Waals surface area (Å²) in [7, 11) is 3.72. The molecule has 1 aliphatic rings. The van der Waals surface area contributed by atoms with E-state index in [9.17, 15) is 0 Å². The van der Waals surface area contributed by atoms with Gasteiger partial charge >= 0.3 is 0 Å². The molecule has 1 fully saturated rings. The molecule has 0 aromatic carbocycles. The molecular weight excluding hydrogens is 242 g/mol. The van der Waals surface area contributed by atoms with Crippen LogP contribution in [0, 0.1) is 0 Å². The van der Waals surface area contributed by atoms with Crippen LogP contribution in [-0.2, 0) is 4.74 Å². The van der Waals surface area contributed by atoms with E-state index >= 15 is 0 Å². The maximum atomic E-state index is 5.85. The molecule has 0 amide bonds. The molecule has 1 aromatic rings. The predicted molar refractivity (Wildman–Crippen MR) is 66.6 cm³/mol. The molecular formula is C10H16ClN5O. The minimum atomic E-state index is 0.197. The molecule has 1 aromatic heterocycles. The molecule has 0 spiro atoms. The van der Waals surface area contributed by atoms with Crippen molar-refractivity contribution in [3.8, 4) is 0 Å². The van der Waals surface area contributed by atoms with Gasteiger partial charge in [-0.2, -0.15) is 15.0 Å². The van der Waals surface area contributed by atoms with Gasteiger partial charge in [-0.25, -0.2) is 0 Å². The van der Waals surface area contributed by atoms with Gasteiger partial charge in [-0.05, 0) is 24.4 Å². The van der Waals surface area contributed by atoms with Gasteiger partial charge in [-0.1, -0.05) is 0 Å². The molecule has 0 saturated carbocycles. The molecule has 7 heteroatoms. The van der Waals surface area contributed by atoms with Crippen LogP contribution in [0.4, 0.5) is 11.9 Å². The minimum absolute atomic E-state index is 0.197. The number of ether oxygens (including phenoxy) is 1. The van der Waals surface area contributed by atoms with Crippen LogP contribution in [0.25, 0.3) is 0 Å². The Kier molecular flexibility index (Phi) is 3.96. The fourth-order valence-corrected chi connectivity index (χ4v) is 1.80. The Labute approximate surface area is 105 Å². The molecule has 0 radical (unpaired) electrons. The number of anilines is 2. The summed E-state index contributed by atoms with van der Waals surface area (Å²) < 4.78 is 5.39. The topological polar surface area (TPSA) is 63.2 Å². The van der Waals surface area contributed by atoms with E-state index in [0.29, 0.717) is 18.5 Å². The van der Waals surface area contributed by atoms with Crippen molar-refractivity contribution >= 4 is 23.5 Å². The summed E-state index contributed by atoms with van der Waals surface area (Å²) in [6, 6.07) is 0.247. The van der Waals surface area contributed by atoms with Crippen LogP contribution in [0.2, 0.25) is 5.28 Å². The van der Waals surface area contributed by atoms with Crippen molar-refractivity contribution in [2.24, 2.45) is 0 Å². The zero-order valence-electron chi connectivity index (χ0n) is 9.98. The Balaban J connectivity index is 2.09. The first-order chi connectivity index (χ1) is 8.15. The van der Waals surface area contributed by atoms with Crippen molar-refractivity contribution in [2.75, 3.05) is 37.5 Å². The van der Waals surface area contributed by atoms with Gasteiger partial charge in [-0.15, -0.1) is 0 Å². The quantitative estimate of drug-likeness (QED) is 0.877. The molecule has 0 bridgehead atoms.